The molecule has 0 saturated carbocycles. The van der Waals surface area contributed by atoms with E-state index >= 15 is 0 Å². The second kappa shape index (κ2) is 8.87. The molecular formula is C16H23N3OS. The van der Waals surface area contributed by atoms with Crippen LogP contribution >= 0.6 is 11.3 Å². The first-order valence-electron chi connectivity index (χ1n) is 7.40. The van der Waals surface area contributed by atoms with E-state index in [-0.39, 0.29) is 0 Å². The molecule has 0 aliphatic rings. The molecule has 5 heteroatoms. The van der Waals surface area contributed by atoms with Crippen molar-refractivity contribution in [3.63, 3.8) is 0 Å². The van der Waals surface area contributed by atoms with Gasteiger partial charge in [0, 0.05) is 31.3 Å². The first-order valence-corrected chi connectivity index (χ1v) is 8.28. The van der Waals surface area contributed by atoms with Gasteiger partial charge < -0.3 is 10.1 Å². The number of hydrogen-bond donors (Lipinski definition) is 1. The lowest BCUT2D eigenvalue weighted by Crippen LogP contribution is -2.19. The molecule has 0 fully saturated rings. The maximum Gasteiger partial charge on any atom is 0.142 e. The quantitative estimate of drug-likeness (QED) is 0.722. The third-order valence-corrected chi connectivity index (χ3v) is 3.92. The van der Waals surface area contributed by atoms with Crippen molar-refractivity contribution in [2.75, 3.05) is 19.8 Å². The summed E-state index contributed by atoms with van der Waals surface area (Å²) in [4.78, 5) is 8.90. The first kappa shape index (κ1) is 16.1. The normalized spacial score (nSPS) is 11.2. The fraction of sp³-hybridized carbons (Fsp3) is 0.500. The zero-order valence-electron chi connectivity index (χ0n) is 12.7. The van der Waals surface area contributed by atoms with Gasteiger partial charge in [-0.1, -0.05) is 19.9 Å². The predicted molar refractivity (Wildman–Crippen MR) is 87.3 cm³/mol. The number of nitrogens with zero attached hydrogens (tertiary/aromatic N) is 2. The summed E-state index contributed by atoms with van der Waals surface area (Å²) in [7, 11) is 0. The summed E-state index contributed by atoms with van der Waals surface area (Å²) in [5.41, 5.74) is 1.99. The molecule has 0 aliphatic heterocycles. The molecule has 0 unspecified atom stereocenters. The zero-order valence-corrected chi connectivity index (χ0v) is 13.5. The monoisotopic (exact) mass is 305 g/mol. The molecule has 0 aliphatic carbocycles. The number of rotatable bonds is 9. The minimum atomic E-state index is 0.706. The number of thiazole rings is 1. The SMILES string of the molecule is CC(C)CCOCCNCc1csc(-c2ccccn2)n1. The topological polar surface area (TPSA) is 47.0 Å². The Morgan fingerprint density at radius 2 is 2.19 bits per heavy atom. The summed E-state index contributed by atoms with van der Waals surface area (Å²) < 4.78 is 5.57. The van der Waals surface area contributed by atoms with Gasteiger partial charge in [-0.05, 0) is 24.5 Å². The van der Waals surface area contributed by atoms with Crippen molar-refractivity contribution >= 4 is 11.3 Å². The van der Waals surface area contributed by atoms with Crippen molar-refractivity contribution in [1.82, 2.24) is 15.3 Å². The van der Waals surface area contributed by atoms with Crippen molar-refractivity contribution in [3.05, 3.63) is 35.5 Å². The maximum atomic E-state index is 5.57. The largest absolute Gasteiger partial charge is 0.380 e. The number of aromatic nitrogens is 2. The Bertz CT molecular complexity index is 513. The summed E-state index contributed by atoms with van der Waals surface area (Å²) in [6.07, 6.45) is 2.92. The zero-order chi connectivity index (χ0) is 14.9. The fourth-order valence-corrected chi connectivity index (χ4v) is 2.57. The van der Waals surface area contributed by atoms with E-state index in [0.717, 1.165) is 49.1 Å². The van der Waals surface area contributed by atoms with Crippen LogP contribution in [0.5, 0.6) is 0 Å². The van der Waals surface area contributed by atoms with Gasteiger partial charge in [0.25, 0.3) is 0 Å². The van der Waals surface area contributed by atoms with Gasteiger partial charge in [-0.25, -0.2) is 4.98 Å². The van der Waals surface area contributed by atoms with Crippen LogP contribution in [0.2, 0.25) is 0 Å². The summed E-state index contributed by atoms with van der Waals surface area (Å²) in [5, 5.41) is 6.41. The van der Waals surface area contributed by atoms with Crippen LogP contribution in [0, 0.1) is 5.92 Å². The molecule has 114 valence electrons. The smallest absolute Gasteiger partial charge is 0.142 e. The van der Waals surface area contributed by atoms with E-state index in [2.05, 4.69) is 34.5 Å². The summed E-state index contributed by atoms with van der Waals surface area (Å²) in [6, 6.07) is 5.88. The molecule has 0 atom stereocenters. The Balaban J connectivity index is 1.65. The van der Waals surface area contributed by atoms with Gasteiger partial charge in [-0.3, -0.25) is 4.98 Å². The number of nitrogens with one attached hydrogen (secondary N) is 1. The Kier molecular flexibility index (Phi) is 6.79. The first-order chi connectivity index (χ1) is 10.3. The molecule has 0 aromatic carbocycles. The molecule has 0 radical (unpaired) electrons. The van der Waals surface area contributed by atoms with Crippen LogP contribution in [0.3, 0.4) is 0 Å². The fourth-order valence-electron chi connectivity index (χ4n) is 1.78. The van der Waals surface area contributed by atoms with Crippen molar-refractivity contribution in [1.29, 1.82) is 0 Å². The van der Waals surface area contributed by atoms with Gasteiger partial charge >= 0.3 is 0 Å². The lowest BCUT2D eigenvalue weighted by molar-refractivity contribution is 0.125. The van der Waals surface area contributed by atoms with Crippen molar-refractivity contribution in [2.45, 2.75) is 26.8 Å². The van der Waals surface area contributed by atoms with E-state index in [4.69, 9.17) is 4.74 Å². The molecule has 1 N–H and O–H groups in total. The lowest BCUT2D eigenvalue weighted by Gasteiger charge is -2.06. The average Bonchev–Trinajstić information content (AvgIpc) is 2.96. The Morgan fingerprint density at radius 1 is 1.29 bits per heavy atom. The van der Waals surface area contributed by atoms with Crippen LogP contribution in [0.4, 0.5) is 0 Å². The highest BCUT2D eigenvalue weighted by molar-refractivity contribution is 7.13. The van der Waals surface area contributed by atoms with E-state index in [0.29, 0.717) is 5.92 Å². The van der Waals surface area contributed by atoms with Crippen molar-refractivity contribution in [3.8, 4) is 10.7 Å². The van der Waals surface area contributed by atoms with E-state index < -0.39 is 0 Å². The average molecular weight is 305 g/mol. The van der Waals surface area contributed by atoms with Crippen LogP contribution in [-0.2, 0) is 11.3 Å². The van der Waals surface area contributed by atoms with Gasteiger partial charge in [-0.15, -0.1) is 11.3 Å². The van der Waals surface area contributed by atoms with Gasteiger partial charge in [0.2, 0.25) is 0 Å². The van der Waals surface area contributed by atoms with Crippen LogP contribution in [0.1, 0.15) is 26.0 Å². The van der Waals surface area contributed by atoms with E-state index in [9.17, 15) is 0 Å². The van der Waals surface area contributed by atoms with Crippen LogP contribution in [-0.4, -0.2) is 29.7 Å². The van der Waals surface area contributed by atoms with E-state index in [1.807, 2.05) is 18.2 Å². The minimum Gasteiger partial charge on any atom is -0.380 e. The Hall–Kier alpha value is -1.30. The van der Waals surface area contributed by atoms with Crippen LogP contribution in [0.25, 0.3) is 10.7 Å². The third kappa shape index (κ3) is 5.91. The molecule has 0 amide bonds. The molecule has 4 nitrogen and oxygen atoms in total. The summed E-state index contributed by atoms with van der Waals surface area (Å²) in [6.45, 7) is 7.65. The van der Waals surface area contributed by atoms with Crippen molar-refractivity contribution < 1.29 is 4.74 Å². The maximum absolute atomic E-state index is 5.57. The lowest BCUT2D eigenvalue weighted by atomic mass is 10.1. The highest BCUT2D eigenvalue weighted by atomic mass is 32.1. The number of pyridine rings is 1. The molecule has 2 heterocycles. The van der Waals surface area contributed by atoms with Gasteiger partial charge in [0.1, 0.15) is 5.01 Å². The van der Waals surface area contributed by atoms with E-state index in [1.54, 1.807) is 17.5 Å². The second-order valence-electron chi connectivity index (χ2n) is 5.33. The Labute approximate surface area is 130 Å². The van der Waals surface area contributed by atoms with Crippen LogP contribution < -0.4 is 5.32 Å². The highest BCUT2D eigenvalue weighted by Crippen LogP contribution is 2.20. The van der Waals surface area contributed by atoms with Gasteiger partial charge in [0.15, 0.2) is 0 Å². The molecule has 0 saturated heterocycles. The molecule has 21 heavy (non-hydrogen) atoms. The molecule has 2 rings (SSSR count). The summed E-state index contributed by atoms with van der Waals surface area (Å²) >= 11 is 1.63. The molecular weight excluding hydrogens is 282 g/mol. The Morgan fingerprint density at radius 3 is 2.95 bits per heavy atom. The van der Waals surface area contributed by atoms with Gasteiger partial charge in [-0.2, -0.15) is 0 Å². The number of ether oxygens (including phenoxy) is 1. The highest BCUT2D eigenvalue weighted by Gasteiger charge is 2.04. The molecule has 2 aromatic rings. The summed E-state index contributed by atoms with van der Waals surface area (Å²) in [5.74, 6) is 0.706. The van der Waals surface area contributed by atoms with Gasteiger partial charge in [0.05, 0.1) is 18.0 Å². The van der Waals surface area contributed by atoms with E-state index in [1.165, 1.54) is 0 Å². The standard InChI is InChI=1S/C16H23N3OS/c1-13(2)6-9-20-10-8-17-11-14-12-21-16(19-14)15-5-3-4-7-18-15/h3-5,7,12-13,17H,6,8-11H2,1-2H3. The van der Waals surface area contributed by atoms with Crippen LogP contribution in [0.15, 0.2) is 29.8 Å². The molecule has 0 spiro atoms. The van der Waals surface area contributed by atoms with Crippen molar-refractivity contribution in [2.24, 2.45) is 5.92 Å². The minimum absolute atomic E-state index is 0.706. The third-order valence-electron chi connectivity index (χ3n) is 3.00. The molecule has 2 aromatic heterocycles. The second-order valence-corrected chi connectivity index (χ2v) is 6.19. The number of hydrogen-bond acceptors (Lipinski definition) is 5. The molecule has 0 bridgehead atoms. The predicted octanol–water partition coefficient (Wildman–Crippen LogP) is 3.36.